The summed E-state index contributed by atoms with van der Waals surface area (Å²) in [5.74, 6) is 5.19. The summed E-state index contributed by atoms with van der Waals surface area (Å²) < 4.78 is 6.24. The highest BCUT2D eigenvalue weighted by molar-refractivity contribution is 8.03. The van der Waals surface area contributed by atoms with E-state index in [-0.39, 0.29) is 11.5 Å². The molecule has 0 aromatic carbocycles. The lowest BCUT2D eigenvalue weighted by Gasteiger charge is -2.48. The summed E-state index contributed by atoms with van der Waals surface area (Å²) in [5, 5.41) is 0. The van der Waals surface area contributed by atoms with E-state index in [9.17, 15) is 4.79 Å². The zero-order valence-electron chi connectivity index (χ0n) is 15.1. The van der Waals surface area contributed by atoms with Gasteiger partial charge in [0.25, 0.3) is 5.91 Å². The van der Waals surface area contributed by atoms with Crippen molar-refractivity contribution in [2.75, 3.05) is 55.8 Å². The van der Waals surface area contributed by atoms with Gasteiger partial charge >= 0.3 is 0 Å². The van der Waals surface area contributed by atoms with Crippen molar-refractivity contribution in [2.45, 2.75) is 24.5 Å². The maximum absolute atomic E-state index is 12.8. The van der Waals surface area contributed by atoms with Crippen molar-refractivity contribution in [1.82, 2.24) is 14.8 Å². The average Bonchev–Trinajstić information content (AvgIpc) is 2.98. The van der Waals surface area contributed by atoms with Crippen LogP contribution in [0.3, 0.4) is 0 Å². The summed E-state index contributed by atoms with van der Waals surface area (Å²) in [6.07, 6.45) is 5.42. The first-order valence-electron chi connectivity index (χ1n) is 9.49. The van der Waals surface area contributed by atoms with Gasteiger partial charge in [0, 0.05) is 66.6 Å². The summed E-state index contributed by atoms with van der Waals surface area (Å²) in [6, 6.07) is 4.30. The van der Waals surface area contributed by atoms with Crippen LogP contribution < -0.4 is 0 Å². The van der Waals surface area contributed by atoms with Gasteiger partial charge in [-0.2, -0.15) is 23.5 Å². The zero-order valence-corrected chi connectivity index (χ0v) is 16.8. The third-order valence-electron chi connectivity index (χ3n) is 5.68. The van der Waals surface area contributed by atoms with Gasteiger partial charge in [-0.1, -0.05) is 0 Å². The van der Waals surface area contributed by atoms with Crippen molar-refractivity contribution in [2.24, 2.45) is 0 Å². The summed E-state index contributed by atoms with van der Waals surface area (Å²) in [5.41, 5.74) is 0.574. The number of carbonyl (C=O) groups excluding carboxylic acids is 1. The van der Waals surface area contributed by atoms with Crippen molar-refractivity contribution in [3.8, 4) is 0 Å². The molecule has 3 fully saturated rings. The number of aromatic nitrogens is 1. The Balaban J connectivity index is 1.36. The first kappa shape index (κ1) is 18.6. The predicted octanol–water partition coefficient (Wildman–Crippen LogP) is 2.24. The molecule has 26 heavy (non-hydrogen) atoms. The average molecular weight is 394 g/mol. The molecule has 7 heteroatoms. The number of piperidine rings is 1. The minimum absolute atomic E-state index is 0.106. The van der Waals surface area contributed by atoms with Crippen LogP contribution in [0, 0.1) is 0 Å². The second-order valence-corrected chi connectivity index (χ2v) is 9.63. The lowest BCUT2D eigenvalue weighted by molar-refractivity contribution is -0.129. The molecule has 0 bridgehead atoms. The number of rotatable bonds is 2. The van der Waals surface area contributed by atoms with Crippen molar-refractivity contribution < 1.29 is 9.53 Å². The van der Waals surface area contributed by atoms with Crippen molar-refractivity contribution in [3.63, 3.8) is 0 Å². The van der Waals surface area contributed by atoms with E-state index in [1.807, 2.05) is 4.90 Å². The fourth-order valence-corrected chi connectivity index (χ4v) is 6.74. The van der Waals surface area contributed by atoms with Crippen LogP contribution in [0.15, 0.2) is 24.5 Å². The minimum Gasteiger partial charge on any atom is -0.371 e. The number of likely N-dealkylation sites (tertiary alicyclic amines) is 1. The van der Waals surface area contributed by atoms with E-state index in [0.29, 0.717) is 19.2 Å². The molecule has 5 nitrogen and oxygen atoms in total. The monoisotopic (exact) mass is 393 g/mol. The van der Waals surface area contributed by atoms with Gasteiger partial charge in [-0.05, 0) is 25.0 Å². The molecule has 142 valence electrons. The molecule has 3 saturated heterocycles. The lowest BCUT2D eigenvalue weighted by atomic mass is 9.88. The molecular weight excluding hydrogens is 366 g/mol. The van der Waals surface area contributed by atoms with E-state index in [1.165, 1.54) is 23.0 Å². The van der Waals surface area contributed by atoms with E-state index >= 15 is 0 Å². The molecule has 1 spiro atoms. The first-order chi connectivity index (χ1) is 12.8. The van der Waals surface area contributed by atoms with Crippen LogP contribution in [0.2, 0.25) is 0 Å². The van der Waals surface area contributed by atoms with Gasteiger partial charge in [-0.25, -0.2) is 0 Å². The molecule has 0 unspecified atom stereocenters. The SMILES string of the molecule is O=C(c1ccncc1)N1CCOC2(CCN(C3CSCCSC3)CC2)C1. The highest BCUT2D eigenvalue weighted by Gasteiger charge is 2.42. The molecule has 0 atom stereocenters. The smallest absolute Gasteiger partial charge is 0.254 e. The number of nitrogens with zero attached hydrogens (tertiary/aromatic N) is 3. The van der Waals surface area contributed by atoms with Gasteiger partial charge in [-0.3, -0.25) is 14.7 Å². The van der Waals surface area contributed by atoms with E-state index in [0.717, 1.165) is 38.0 Å². The van der Waals surface area contributed by atoms with E-state index in [2.05, 4.69) is 33.4 Å². The molecule has 4 heterocycles. The van der Waals surface area contributed by atoms with Gasteiger partial charge in [-0.15, -0.1) is 0 Å². The Hall–Kier alpha value is -0.760. The third kappa shape index (κ3) is 4.21. The van der Waals surface area contributed by atoms with Crippen molar-refractivity contribution in [3.05, 3.63) is 30.1 Å². The predicted molar refractivity (Wildman–Crippen MR) is 108 cm³/mol. The number of hydrogen-bond donors (Lipinski definition) is 0. The zero-order chi connectivity index (χ0) is 17.8. The van der Waals surface area contributed by atoms with Crippen LogP contribution in [-0.2, 0) is 4.74 Å². The number of pyridine rings is 1. The molecular formula is C19H27N3O2S2. The van der Waals surface area contributed by atoms with Gasteiger partial charge in [0.2, 0.25) is 0 Å². The minimum atomic E-state index is -0.150. The van der Waals surface area contributed by atoms with Crippen molar-refractivity contribution >= 4 is 29.4 Å². The van der Waals surface area contributed by atoms with Crippen LogP contribution in [0.25, 0.3) is 0 Å². The Morgan fingerprint density at radius 1 is 1.12 bits per heavy atom. The maximum atomic E-state index is 12.8. The lowest BCUT2D eigenvalue weighted by Crippen LogP contribution is -2.59. The van der Waals surface area contributed by atoms with E-state index in [1.54, 1.807) is 24.5 Å². The fraction of sp³-hybridized carbons (Fsp3) is 0.684. The fourth-order valence-electron chi connectivity index (χ4n) is 4.11. The van der Waals surface area contributed by atoms with Crippen LogP contribution in [0.5, 0.6) is 0 Å². The highest BCUT2D eigenvalue weighted by Crippen LogP contribution is 2.33. The van der Waals surface area contributed by atoms with Crippen LogP contribution in [0.4, 0.5) is 0 Å². The molecule has 3 aliphatic heterocycles. The number of amides is 1. The second kappa shape index (κ2) is 8.50. The number of hydrogen-bond acceptors (Lipinski definition) is 6. The topological polar surface area (TPSA) is 45.7 Å². The van der Waals surface area contributed by atoms with E-state index < -0.39 is 0 Å². The molecule has 0 saturated carbocycles. The molecule has 0 radical (unpaired) electrons. The number of carbonyl (C=O) groups is 1. The standard InChI is InChI=1S/C19H27N3O2S2/c23-18(16-1-5-20-6-2-16)22-9-10-24-19(15-22)3-7-21(8-4-19)17-13-25-11-12-26-14-17/h1-2,5-6,17H,3-4,7-15H2. The number of morpholine rings is 1. The normalized spacial score (nSPS) is 25.2. The highest BCUT2D eigenvalue weighted by atomic mass is 32.2. The Bertz CT molecular complexity index is 600. The third-order valence-corrected chi connectivity index (χ3v) is 8.17. The van der Waals surface area contributed by atoms with Crippen LogP contribution in [0.1, 0.15) is 23.2 Å². The van der Waals surface area contributed by atoms with Gasteiger partial charge in [0.1, 0.15) is 0 Å². The summed E-state index contributed by atoms with van der Waals surface area (Å²) in [7, 11) is 0. The molecule has 0 aliphatic carbocycles. The first-order valence-corrected chi connectivity index (χ1v) is 11.8. The Kier molecular flexibility index (Phi) is 6.08. The Labute approximate surface area is 164 Å². The number of ether oxygens (including phenoxy) is 1. The van der Waals surface area contributed by atoms with Gasteiger partial charge in [0.15, 0.2) is 0 Å². The van der Waals surface area contributed by atoms with Crippen molar-refractivity contribution in [1.29, 1.82) is 0 Å². The molecule has 1 aromatic heterocycles. The Morgan fingerprint density at radius 3 is 2.50 bits per heavy atom. The van der Waals surface area contributed by atoms with Crippen LogP contribution >= 0.6 is 23.5 Å². The number of thioether (sulfide) groups is 2. The largest absolute Gasteiger partial charge is 0.371 e. The summed E-state index contributed by atoms with van der Waals surface area (Å²) in [4.78, 5) is 21.4. The second-order valence-electron chi connectivity index (χ2n) is 7.33. The Morgan fingerprint density at radius 2 is 1.81 bits per heavy atom. The van der Waals surface area contributed by atoms with Gasteiger partial charge < -0.3 is 9.64 Å². The molecule has 4 rings (SSSR count). The molecule has 3 aliphatic rings. The summed E-state index contributed by atoms with van der Waals surface area (Å²) >= 11 is 4.19. The molecule has 0 N–H and O–H groups in total. The molecule has 1 aromatic rings. The molecule has 1 amide bonds. The summed E-state index contributed by atoms with van der Waals surface area (Å²) in [6.45, 7) is 4.22. The van der Waals surface area contributed by atoms with Gasteiger partial charge in [0.05, 0.1) is 18.8 Å². The van der Waals surface area contributed by atoms with E-state index in [4.69, 9.17) is 4.74 Å². The quantitative estimate of drug-likeness (QED) is 0.768. The van der Waals surface area contributed by atoms with Crippen LogP contribution in [-0.4, -0.2) is 88.1 Å². The maximum Gasteiger partial charge on any atom is 0.254 e.